The van der Waals surface area contributed by atoms with Gasteiger partial charge in [-0.3, -0.25) is 14.4 Å². The number of carbonyl (C=O) groups excluding carboxylic acids is 1. The van der Waals surface area contributed by atoms with Crippen LogP contribution in [0.25, 0.3) is 0 Å². The van der Waals surface area contributed by atoms with Gasteiger partial charge in [-0.15, -0.1) is 0 Å². The number of nitrogens with zero attached hydrogens (tertiary/aromatic N) is 2. The van der Waals surface area contributed by atoms with Gasteiger partial charge in [0, 0.05) is 36.8 Å². The molecule has 0 bridgehead atoms. The van der Waals surface area contributed by atoms with E-state index in [1.54, 1.807) is 48.4 Å². The minimum Gasteiger partial charge on any atom is -0.497 e. The Kier molecular flexibility index (Phi) is 9.90. The summed E-state index contributed by atoms with van der Waals surface area (Å²) >= 11 is 0. The second kappa shape index (κ2) is 13.4. The van der Waals surface area contributed by atoms with Gasteiger partial charge in [0.15, 0.2) is 0 Å². The van der Waals surface area contributed by atoms with Crippen LogP contribution in [0.15, 0.2) is 77.7 Å². The van der Waals surface area contributed by atoms with E-state index < -0.39 is 10.0 Å². The quantitative estimate of drug-likeness (QED) is 0.375. The number of rotatable bonds is 10. The zero-order chi connectivity index (χ0) is 29.6. The number of aliphatic hydroxyl groups excluding tert-OH is 1. The second-order valence-electron chi connectivity index (χ2n) is 10.7. The summed E-state index contributed by atoms with van der Waals surface area (Å²) in [7, 11) is -0.145. The molecule has 0 spiro atoms. The molecule has 0 radical (unpaired) electrons. The number of carbonyl (C=O) groups is 1. The van der Waals surface area contributed by atoms with Crippen LogP contribution in [-0.4, -0.2) is 75.2 Å². The number of aliphatic hydroxyl groups is 1. The number of ether oxygens (including phenoxy) is 2. The highest BCUT2D eigenvalue weighted by Crippen LogP contribution is 2.30. The van der Waals surface area contributed by atoms with Crippen LogP contribution in [-0.2, 0) is 27.8 Å². The molecule has 220 valence electrons. The Balaban J connectivity index is 1.61. The molecule has 3 aromatic rings. The molecule has 3 aromatic carbocycles. The fraction of sp³-hybridized carbons (Fsp3) is 0.387. The fourth-order valence-electron chi connectivity index (χ4n) is 4.94. The molecule has 0 aromatic heterocycles. The van der Waals surface area contributed by atoms with Crippen LogP contribution in [0.3, 0.4) is 0 Å². The van der Waals surface area contributed by atoms with Gasteiger partial charge in [0.05, 0.1) is 31.1 Å². The number of nitrogens with one attached hydrogen (secondary N) is 1. The van der Waals surface area contributed by atoms with Gasteiger partial charge in [-0.05, 0) is 62.0 Å². The normalized spacial score (nSPS) is 18.5. The minimum absolute atomic E-state index is 0.0156. The summed E-state index contributed by atoms with van der Waals surface area (Å²) < 4.78 is 40.3. The molecule has 1 aliphatic rings. The van der Waals surface area contributed by atoms with Crippen molar-refractivity contribution in [3.63, 3.8) is 0 Å². The van der Waals surface area contributed by atoms with Crippen LogP contribution in [0, 0.1) is 5.92 Å². The highest BCUT2D eigenvalue weighted by Gasteiger charge is 2.31. The molecule has 1 aliphatic heterocycles. The number of sulfonamides is 1. The molecule has 2 N–H and O–H groups in total. The van der Waals surface area contributed by atoms with Crippen molar-refractivity contribution < 1.29 is 27.8 Å². The summed E-state index contributed by atoms with van der Waals surface area (Å²) in [5, 5.41) is 9.89. The summed E-state index contributed by atoms with van der Waals surface area (Å²) in [5.74, 6) is 1.13. The van der Waals surface area contributed by atoms with Crippen molar-refractivity contribution in [2.45, 2.75) is 43.9 Å². The molecule has 3 atom stereocenters. The van der Waals surface area contributed by atoms with Crippen LogP contribution in [0.4, 0.5) is 5.69 Å². The van der Waals surface area contributed by atoms with Crippen molar-refractivity contribution in [1.29, 1.82) is 0 Å². The zero-order valence-corrected chi connectivity index (χ0v) is 24.8. The molecule has 1 heterocycles. The summed E-state index contributed by atoms with van der Waals surface area (Å²) in [6.07, 6.45) is -0.259. The second-order valence-corrected chi connectivity index (χ2v) is 12.4. The van der Waals surface area contributed by atoms with E-state index in [9.17, 15) is 18.3 Å². The van der Waals surface area contributed by atoms with Crippen molar-refractivity contribution in [3.8, 4) is 11.5 Å². The number of hydrogen-bond acceptors (Lipinski definition) is 7. The third-order valence-electron chi connectivity index (χ3n) is 7.33. The van der Waals surface area contributed by atoms with Gasteiger partial charge < -0.3 is 19.5 Å². The molecule has 1 amide bonds. The van der Waals surface area contributed by atoms with Crippen molar-refractivity contribution >= 4 is 21.6 Å². The maximum atomic E-state index is 13.5. The van der Waals surface area contributed by atoms with Gasteiger partial charge >= 0.3 is 0 Å². The first-order chi connectivity index (χ1) is 19.6. The van der Waals surface area contributed by atoms with E-state index in [2.05, 4.69) is 9.62 Å². The van der Waals surface area contributed by atoms with Gasteiger partial charge in [-0.2, -0.15) is 0 Å². The average molecular weight is 582 g/mol. The zero-order valence-electron chi connectivity index (χ0n) is 24.0. The number of likely N-dealkylation sites (N-methyl/N-ethyl adjacent to an activating group) is 1. The Morgan fingerprint density at radius 2 is 1.83 bits per heavy atom. The van der Waals surface area contributed by atoms with E-state index in [-0.39, 0.29) is 41.9 Å². The molecular formula is C31H39N3O6S. The molecule has 0 fully saturated rings. The molecule has 4 rings (SSSR count). The molecule has 9 nitrogen and oxygen atoms in total. The van der Waals surface area contributed by atoms with E-state index in [4.69, 9.17) is 9.47 Å². The van der Waals surface area contributed by atoms with Crippen LogP contribution in [0.1, 0.15) is 25.0 Å². The van der Waals surface area contributed by atoms with E-state index in [1.165, 1.54) is 12.1 Å². The predicted molar refractivity (Wildman–Crippen MR) is 159 cm³/mol. The van der Waals surface area contributed by atoms with E-state index in [0.717, 1.165) is 11.3 Å². The maximum Gasteiger partial charge on any atom is 0.261 e. The summed E-state index contributed by atoms with van der Waals surface area (Å²) in [5.41, 5.74) is 2.05. The smallest absolute Gasteiger partial charge is 0.261 e. The van der Waals surface area contributed by atoms with Gasteiger partial charge in [-0.1, -0.05) is 37.3 Å². The Bertz CT molecular complexity index is 1420. The van der Waals surface area contributed by atoms with E-state index in [0.29, 0.717) is 36.6 Å². The van der Waals surface area contributed by atoms with Crippen LogP contribution >= 0.6 is 0 Å². The SMILES string of the molecule is COc1ccc(CN(C)C[C@H]2Oc3ccc(NS(=O)(=O)c4ccccc4)cc3CC(=O)N([C@@H](C)CO)C[C@H]2C)cc1. The van der Waals surface area contributed by atoms with Crippen molar-refractivity contribution in [3.05, 3.63) is 83.9 Å². The fourth-order valence-corrected chi connectivity index (χ4v) is 6.01. The monoisotopic (exact) mass is 581 g/mol. The lowest BCUT2D eigenvalue weighted by Crippen LogP contribution is -2.47. The lowest BCUT2D eigenvalue weighted by Gasteiger charge is -2.34. The summed E-state index contributed by atoms with van der Waals surface area (Å²) in [6.45, 7) is 5.40. The Labute approximate surface area is 242 Å². The predicted octanol–water partition coefficient (Wildman–Crippen LogP) is 3.78. The van der Waals surface area contributed by atoms with E-state index in [1.807, 2.05) is 45.2 Å². The number of fused-ring (bicyclic) bond motifs is 1. The molecular weight excluding hydrogens is 542 g/mol. The van der Waals surface area contributed by atoms with Crippen LogP contribution in [0.5, 0.6) is 11.5 Å². The number of anilines is 1. The topological polar surface area (TPSA) is 108 Å². The molecule has 10 heteroatoms. The van der Waals surface area contributed by atoms with E-state index >= 15 is 0 Å². The Morgan fingerprint density at radius 3 is 2.49 bits per heavy atom. The van der Waals surface area contributed by atoms with Crippen LogP contribution in [0.2, 0.25) is 0 Å². The minimum atomic E-state index is -3.81. The summed E-state index contributed by atoms with van der Waals surface area (Å²) in [4.78, 5) is 17.5. The van der Waals surface area contributed by atoms with Gasteiger partial charge in [0.25, 0.3) is 10.0 Å². The Morgan fingerprint density at radius 1 is 1.12 bits per heavy atom. The maximum absolute atomic E-state index is 13.5. The largest absolute Gasteiger partial charge is 0.497 e. The third kappa shape index (κ3) is 7.78. The molecule has 0 saturated carbocycles. The first-order valence-corrected chi connectivity index (χ1v) is 15.2. The van der Waals surface area contributed by atoms with Crippen molar-refractivity contribution in [2.75, 3.05) is 38.6 Å². The average Bonchev–Trinajstić information content (AvgIpc) is 3.00. The molecule has 41 heavy (non-hydrogen) atoms. The Hall–Kier alpha value is -3.60. The van der Waals surface area contributed by atoms with Crippen molar-refractivity contribution in [1.82, 2.24) is 9.80 Å². The third-order valence-corrected chi connectivity index (χ3v) is 8.72. The highest BCUT2D eigenvalue weighted by atomic mass is 32.2. The number of hydrogen-bond donors (Lipinski definition) is 2. The first-order valence-electron chi connectivity index (χ1n) is 13.7. The number of benzene rings is 3. The highest BCUT2D eigenvalue weighted by molar-refractivity contribution is 7.92. The molecule has 0 saturated heterocycles. The number of amides is 1. The van der Waals surface area contributed by atoms with Gasteiger partial charge in [-0.25, -0.2) is 8.42 Å². The molecule has 0 aliphatic carbocycles. The molecule has 0 unspecified atom stereocenters. The standard InChI is InChI=1S/C31H39N3O6S/c1-22-18-34(23(2)21-35)31(36)17-25-16-26(32-41(37,38)28-8-6-5-7-9-28)12-15-29(25)40-30(22)20-33(3)19-24-10-13-27(39-4)14-11-24/h5-16,22-23,30,32,35H,17-21H2,1-4H3/t22-,23+,30-/m1/s1. The summed E-state index contributed by atoms with van der Waals surface area (Å²) in [6, 6.07) is 20.7. The van der Waals surface area contributed by atoms with Gasteiger partial charge in [0.2, 0.25) is 5.91 Å². The number of methoxy groups -OCH3 is 1. The van der Waals surface area contributed by atoms with Crippen molar-refractivity contribution in [2.24, 2.45) is 5.92 Å². The lowest BCUT2D eigenvalue weighted by atomic mass is 10.0. The lowest BCUT2D eigenvalue weighted by molar-refractivity contribution is -0.134. The van der Waals surface area contributed by atoms with Crippen LogP contribution < -0.4 is 14.2 Å². The first kappa shape index (κ1) is 30.4. The van der Waals surface area contributed by atoms with Gasteiger partial charge in [0.1, 0.15) is 17.6 Å².